The Kier molecular flexibility index (Phi) is 4.29. The topological polar surface area (TPSA) is 52.1 Å². The van der Waals surface area contributed by atoms with E-state index in [9.17, 15) is 4.79 Å². The van der Waals surface area contributed by atoms with Crippen molar-refractivity contribution in [2.75, 3.05) is 12.9 Å². The molecule has 0 spiro atoms. The molecule has 0 amide bonds. The first-order valence-electron chi connectivity index (χ1n) is 5.07. The van der Waals surface area contributed by atoms with Crippen LogP contribution in [0.5, 0.6) is 0 Å². The van der Waals surface area contributed by atoms with Crippen molar-refractivity contribution in [3.8, 4) is 0 Å². The Morgan fingerprint density at radius 1 is 1.56 bits per heavy atom. The molecular formula is C11H16N2O2S. The minimum atomic E-state index is -0.400. The van der Waals surface area contributed by atoms with Gasteiger partial charge in [0.05, 0.1) is 11.4 Å². The second-order valence-electron chi connectivity index (χ2n) is 3.70. The van der Waals surface area contributed by atoms with Gasteiger partial charge in [0, 0.05) is 6.20 Å². The Morgan fingerprint density at radius 2 is 2.25 bits per heavy atom. The summed E-state index contributed by atoms with van der Waals surface area (Å²) in [5.41, 5.74) is 0.314. The van der Waals surface area contributed by atoms with E-state index in [4.69, 9.17) is 4.74 Å². The highest BCUT2D eigenvalue weighted by atomic mass is 32.2. The molecule has 0 saturated carbocycles. The number of nitrogens with zero attached hydrogens (tertiary/aromatic N) is 2. The fraction of sp³-hybridized carbons (Fsp3) is 0.545. The number of thioether (sulfide) groups is 1. The van der Waals surface area contributed by atoms with Crippen LogP contribution < -0.4 is 0 Å². The van der Waals surface area contributed by atoms with E-state index in [0.717, 1.165) is 0 Å². The standard InChI is InChI=1S/C11H16N2O2S/c1-5-15-9(14)8-6-7-12-10(13-8)11(2,3)16-4/h6-7H,5H2,1-4H3. The molecule has 1 rings (SSSR count). The SMILES string of the molecule is CCOC(=O)c1ccnc(C(C)(C)SC)n1. The van der Waals surface area contributed by atoms with Crippen LogP contribution in [0.15, 0.2) is 12.3 Å². The van der Waals surface area contributed by atoms with E-state index in [2.05, 4.69) is 9.97 Å². The molecule has 0 aromatic carbocycles. The van der Waals surface area contributed by atoms with Crippen LogP contribution in [0.2, 0.25) is 0 Å². The lowest BCUT2D eigenvalue weighted by Gasteiger charge is -2.19. The van der Waals surface area contributed by atoms with Gasteiger partial charge in [-0.25, -0.2) is 14.8 Å². The molecular weight excluding hydrogens is 224 g/mol. The predicted molar refractivity (Wildman–Crippen MR) is 64.5 cm³/mol. The molecule has 0 saturated heterocycles. The predicted octanol–water partition coefficient (Wildman–Crippen LogP) is 2.25. The van der Waals surface area contributed by atoms with E-state index in [-0.39, 0.29) is 4.75 Å². The van der Waals surface area contributed by atoms with E-state index >= 15 is 0 Å². The average molecular weight is 240 g/mol. The van der Waals surface area contributed by atoms with E-state index in [1.54, 1.807) is 30.9 Å². The zero-order valence-electron chi connectivity index (χ0n) is 9.98. The van der Waals surface area contributed by atoms with Gasteiger partial charge in [-0.3, -0.25) is 0 Å². The summed E-state index contributed by atoms with van der Waals surface area (Å²) >= 11 is 1.64. The van der Waals surface area contributed by atoms with Gasteiger partial charge in [-0.15, -0.1) is 0 Å². The maximum absolute atomic E-state index is 11.5. The first-order valence-corrected chi connectivity index (χ1v) is 6.29. The summed E-state index contributed by atoms with van der Waals surface area (Å²) in [5.74, 6) is 0.244. The number of hydrogen-bond acceptors (Lipinski definition) is 5. The second-order valence-corrected chi connectivity index (χ2v) is 5.13. The molecule has 0 bridgehead atoms. The van der Waals surface area contributed by atoms with Gasteiger partial charge >= 0.3 is 5.97 Å². The summed E-state index contributed by atoms with van der Waals surface area (Å²) in [5, 5.41) is 0. The van der Waals surface area contributed by atoms with E-state index in [0.29, 0.717) is 18.1 Å². The van der Waals surface area contributed by atoms with Crippen LogP contribution in [0.25, 0.3) is 0 Å². The van der Waals surface area contributed by atoms with Crippen molar-refractivity contribution in [3.05, 3.63) is 23.8 Å². The van der Waals surface area contributed by atoms with Crippen molar-refractivity contribution in [1.29, 1.82) is 0 Å². The summed E-state index contributed by atoms with van der Waals surface area (Å²) in [6.45, 7) is 6.15. The van der Waals surface area contributed by atoms with Gasteiger partial charge in [-0.1, -0.05) is 0 Å². The van der Waals surface area contributed by atoms with Crippen LogP contribution in [0.4, 0.5) is 0 Å². The number of rotatable bonds is 4. The first kappa shape index (κ1) is 13.0. The molecule has 0 fully saturated rings. The second kappa shape index (κ2) is 5.30. The lowest BCUT2D eigenvalue weighted by Crippen LogP contribution is -2.18. The first-order chi connectivity index (χ1) is 7.51. The third-order valence-corrected chi connectivity index (χ3v) is 3.39. The van der Waals surface area contributed by atoms with Gasteiger partial charge in [0.2, 0.25) is 0 Å². The highest BCUT2D eigenvalue weighted by Crippen LogP contribution is 2.30. The summed E-state index contributed by atoms with van der Waals surface area (Å²) in [6.07, 6.45) is 3.58. The van der Waals surface area contributed by atoms with Crippen molar-refractivity contribution in [2.45, 2.75) is 25.5 Å². The summed E-state index contributed by atoms with van der Waals surface area (Å²) in [7, 11) is 0. The zero-order valence-corrected chi connectivity index (χ0v) is 10.8. The zero-order chi connectivity index (χ0) is 12.2. The molecule has 4 nitrogen and oxygen atoms in total. The quantitative estimate of drug-likeness (QED) is 0.755. The van der Waals surface area contributed by atoms with Crippen molar-refractivity contribution < 1.29 is 9.53 Å². The van der Waals surface area contributed by atoms with Gasteiger partial charge in [-0.05, 0) is 33.1 Å². The van der Waals surface area contributed by atoms with Gasteiger partial charge < -0.3 is 4.74 Å². The number of hydrogen-bond donors (Lipinski definition) is 0. The smallest absolute Gasteiger partial charge is 0.357 e. The van der Waals surface area contributed by atoms with Crippen LogP contribution in [0.1, 0.15) is 37.1 Å². The third kappa shape index (κ3) is 2.95. The summed E-state index contributed by atoms with van der Waals surface area (Å²) in [6, 6.07) is 1.57. The van der Waals surface area contributed by atoms with Gasteiger partial charge in [0.1, 0.15) is 5.82 Å². The third-order valence-electron chi connectivity index (χ3n) is 2.19. The maximum Gasteiger partial charge on any atom is 0.357 e. The molecule has 1 aromatic rings. The van der Waals surface area contributed by atoms with Crippen LogP contribution >= 0.6 is 11.8 Å². The molecule has 16 heavy (non-hydrogen) atoms. The Labute approximate surface area is 99.8 Å². The maximum atomic E-state index is 11.5. The molecule has 0 aliphatic carbocycles. The highest BCUT2D eigenvalue weighted by Gasteiger charge is 2.23. The molecule has 0 N–H and O–H groups in total. The Bertz CT molecular complexity index is 380. The van der Waals surface area contributed by atoms with Gasteiger partial charge in [0.25, 0.3) is 0 Å². The van der Waals surface area contributed by atoms with E-state index in [1.165, 1.54) is 0 Å². The Morgan fingerprint density at radius 3 is 2.81 bits per heavy atom. The lowest BCUT2D eigenvalue weighted by molar-refractivity contribution is 0.0518. The number of ether oxygens (including phenoxy) is 1. The molecule has 5 heteroatoms. The van der Waals surface area contributed by atoms with Crippen molar-refractivity contribution >= 4 is 17.7 Å². The number of aromatic nitrogens is 2. The number of esters is 1. The number of carbonyl (C=O) groups excluding carboxylic acids is 1. The monoisotopic (exact) mass is 240 g/mol. The average Bonchev–Trinajstić information content (AvgIpc) is 2.29. The van der Waals surface area contributed by atoms with Crippen LogP contribution in [0, 0.1) is 0 Å². The molecule has 1 heterocycles. The van der Waals surface area contributed by atoms with Crippen LogP contribution in [-0.4, -0.2) is 28.8 Å². The summed E-state index contributed by atoms with van der Waals surface area (Å²) in [4.78, 5) is 19.9. The van der Waals surface area contributed by atoms with Crippen molar-refractivity contribution in [3.63, 3.8) is 0 Å². The molecule has 0 atom stereocenters. The fourth-order valence-electron chi connectivity index (χ4n) is 1.06. The minimum Gasteiger partial charge on any atom is -0.461 e. The van der Waals surface area contributed by atoms with Crippen molar-refractivity contribution in [1.82, 2.24) is 9.97 Å². The Hall–Kier alpha value is -1.10. The molecule has 0 aliphatic rings. The molecule has 0 radical (unpaired) electrons. The van der Waals surface area contributed by atoms with E-state index in [1.807, 2.05) is 20.1 Å². The van der Waals surface area contributed by atoms with Crippen molar-refractivity contribution in [2.24, 2.45) is 0 Å². The fourth-order valence-corrected chi connectivity index (χ4v) is 1.34. The van der Waals surface area contributed by atoms with Gasteiger partial charge in [-0.2, -0.15) is 11.8 Å². The molecule has 88 valence electrons. The van der Waals surface area contributed by atoms with Gasteiger partial charge in [0.15, 0.2) is 5.69 Å². The molecule has 0 unspecified atom stereocenters. The highest BCUT2D eigenvalue weighted by molar-refractivity contribution is 7.99. The Balaban J connectivity index is 3.00. The number of carbonyl (C=O) groups is 1. The normalized spacial score (nSPS) is 11.2. The molecule has 1 aromatic heterocycles. The minimum absolute atomic E-state index is 0.206. The largest absolute Gasteiger partial charge is 0.461 e. The lowest BCUT2D eigenvalue weighted by atomic mass is 10.2. The summed E-state index contributed by atoms with van der Waals surface area (Å²) < 4.78 is 4.69. The van der Waals surface area contributed by atoms with E-state index < -0.39 is 5.97 Å². The van der Waals surface area contributed by atoms with Crippen LogP contribution in [0.3, 0.4) is 0 Å². The molecule has 0 aliphatic heterocycles. The van der Waals surface area contributed by atoms with Crippen LogP contribution in [-0.2, 0) is 9.48 Å².